The van der Waals surface area contributed by atoms with Crippen LogP contribution in [0.5, 0.6) is 0 Å². The van der Waals surface area contributed by atoms with E-state index in [1.165, 1.54) is 18.2 Å². The summed E-state index contributed by atoms with van der Waals surface area (Å²) < 4.78 is 0. The third kappa shape index (κ3) is 2.04. The van der Waals surface area contributed by atoms with Gasteiger partial charge in [-0.25, -0.2) is 0 Å². The molecule has 0 aromatic heterocycles. The first kappa shape index (κ1) is 9.69. The zero-order valence-electron chi connectivity index (χ0n) is 6.97. The van der Waals surface area contributed by atoms with Crippen LogP contribution in [0.4, 0.5) is 5.69 Å². The van der Waals surface area contributed by atoms with Crippen molar-refractivity contribution in [3.8, 4) is 0 Å². The van der Waals surface area contributed by atoms with Gasteiger partial charge in [-0.2, -0.15) is 0 Å². The molecule has 0 saturated heterocycles. The van der Waals surface area contributed by atoms with Gasteiger partial charge in [0.05, 0.1) is 4.92 Å². The highest BCUT2D eigenvalue weighted by atomic mass is 16.6. The number of nitro groups is 1. The van der Waals surface area contributed by atoms with Crippen molar-refractivity contribution in [3.05, 3.63) is 33.9 Å². The molecule has 5 nitrogen and oxygen atoms in total. The highest BCUT2D eigenvalue weighted by molar-refractivity contribution is 6.59. The SMILES string of the molecule is Cc1cc([N+](=O)[O-])ccc1B(O)O. The maximum atomic E-state index is 10.3. The van der Waals surface area contributed by atoms with Gasteiger partial charge in [-0.15, -0.1) is 0 Å². The molecule has 1 rings (SSSR count). The molecule has 0 aliphatic heterocycles. The quantitative estimate of drug-likeness (QED) is 0.368. The Labute approximate surface area is 74.9 Å². The summed E-state index contributed by atoms with van der Waals surface area (Å²) in [4.78, 5) is 9.79. The molecule has 1 aromatic carbocycles. The zero-order valence-corrected chi connectivity index (χ0v) is 6.97. The summed E-state index contributed by atoms with van der Waals surface area (Å²) in [7, 11) is -1.58. The molecule has 0 aliphatic carbocycles. The molecule has 13 heavy (non-hydrogen) atoms. The van der Waals surface area contributed by atoms with Crippen molar-refractivity contribution in [2.24, 2.45) is 0 Å². The van der Waals surface area contributed by atoms with Crippen LogP contribution in [0.15, 0.2) is 18.2 Å². The maximum absolute atomic E-state index is 10.3. The van der Waals surface area contributed by atoms with E-state index in [0.717, 1.165) is 0 Å². The number of non-ortho nitro benzene ring substituents is 1. The topological polar surface area (TPSA) is 83.6 Å². The maximum Gasteiger partial charge on any atom is 0.488 e. The number of benzene rings is 1. The standard InChI is InChI=1S/C7H8BNO4/c1-5-4-6(9(12)13)2-3-7(5)8(10)11/h2-4,10-11H,1H3. The fourth-order valence-electron chi connectivity index (χ4n) is 1.06. The first-order chi connectivity index (χ1) is 6.02. The Balaban J connectivity index is 3.13. The third-order valence-corrected chi connectivity index (χ3v) is 1.74. The van der Waals surface area contributed by atoms with Crippen LogP contribution in [-0.4, -0.2) is 22.1 Å². The minimum absolute atomic E-state index is 0.0538. The number of nitrogens with zero attached hydrogens (tertiary/aromatic N) is 1. The monoisotopic (exact) mass is 181 g/mol. The van der Waals surface area contributed by atoms with E-state index in [2.05, 4.69) is 0 Å². The summed E-state index contributed by atoms with van der Waals surface area (Å²) >= 11 is 0. The van der Waals surface area contributed by atoms with Crippen LogP contribution < -0.4 is 5.46 Å². The Morgan fingerprint density at radius 2 is 2.08 bits per heavy atom. The van der Waals surface area contributed by atoms with Gasteiger partial charge in [0.1, 0.15) is 0 Å². The van der Waals surface area contributed by atoms with Gasteiger partial charge in [-0.1, -0.05) is 6.07 Å². The second-order valence-electron chi connectivity index (χ2n) is 2.67. The van der Waals surface area contributed by atoms with Crippen molar-refractivity contribution in [1.29, 1.82) is 0 Å². The van der Waals surface area contributed by atoms with Crippen LogP contribution in [0.25, 0.3) is 0 Å². The normalized spacial score (nSPS) is 9.77. The lowest BCUT2D eigenvalue weighted by atomic mass is 9.77. The van der Waals surface area contributed by atoms with Gasteiger partial charge in [-0.3, -0.25) is 10.1 Å². The van der Waals surface area contributed by atoms with Crippen molar-refractivity contribution in [2.45, 2.75) is 6.92 Å². The molecule has 0 spiro atoms. The minimum Gasteiger partial charge on any atom is -0.423 e. The lowest BCUT2D eigenvalue weighted by Crippen LogP contribution is -2.31. The Hall–Kier alpha value is -1.40. The number of hydrogen-bond acceptors (Lipinski definition) is 4. The zero-order chi connectivity index (χ0) is 10.0. The summed E-state index contributed by atoms with van der Waals surface area (Å²) in [6, 6.07) is 3.87. The molecule has 6 heteroatoms. The summed E-state index contributed by atoms with van der Waals surface area (Å²) in [5.74, 6) is 0. The predicted molar refractivity (Wildman–Crippen MR) is 47.7 cm³/mol. The molecule has 0 unspecified atom stereocenters. The van der Waals surface area contributed by atoms with Crippen LogP contribution in [0, 0.1) is 17.0 Å². The van der Waals surface area contributed by atoms with Crippen molar-refractivity contribution in [2.75, 3.05) is 0 Å². The molecule has 0 fully saturated rings. The van der Waals surface area contributed by atoms with E-state index < -0.39 is 12.0 Å². The van der Waals surface area contributed by atoms with Crippen molar-refractivity contribution >= 4 is 18.3 Å². The Morgan fingerprint density at radius 1 is 1.46 bits per heavy atom. The number of rotatable bonds is 2. The average Bonchev–Trinajstić information content (AvgIpc) is 2.03. The van der Waals surface area contributed by atoms with Gasteiger partial charge >= 0.3 is 7.12 Å². The molecule has 1 aromatic rings. The van der Waals surface area contributed by atoms with E-state index in [0.29, 0.717) is 5.56 Å². The van der Waals surface area contributed by atoms with E-state index in [1.54, 1.807) is 6.92 Å². The highest BCUT2D eigenvalue weighted by Gasteiger charge is 2.16. The first-order valence-corrected chi connectivity index (χ1v) is 3.63. The minimum atomic E-state index is -1.58. The molecular weight excluding hydrogens is 173 g/mol. The second-order valence-corrected chi connectivity index (χ2v) is 2.67. The molecule has 0 atom stereocenters. The molecule has 0 radical (unpaired) electrons. The third-order valence-electron chi connectivity index (χ3n) is 1.74. The van der Waals surface area contributed by atoms with Crippen LogP contribution in [0.3, 0.4) is 0 Å². The van der Waals surface area contributed by atoms with E-state index in [9.17, 15) is 10.1 Å². The van der Waals surface area contributed by atoms with Gasteiger partial charge < -0.3 is 10.0 Å². The van der Waals surface area contributed by atoms with Gasteiger partial charge in [-0.05, 0) is 17.9 Å². The van der Waals surface area contributed by atoms with Crippen LogP contribution in [-0.2, 0) is 0 Å². The van der Waals surface area contributed by atoms with Crippen LogP contribution in [0.2, 0.25) is 0 Å². The van der Waals surface area contributed by atoms with Gasteiger partial charge in [0.2, 0.25) is 0 Å². The fraction of sp³-hybridized carbons (Fsp3) is 0.143. The van der Waals surface area contributed by atoms with Gasteiger partial charge in [0, 0.05) is 12.1 Å². The molecule has 0 amide bonds. The van der Waals surface area contributed by atoms with Crippen molar-refractivity contribution < 1.29 is 15.0 Å². The predicted octanol–water partition coefficient (Wildman–Crippen LogP) is -0.417. The molecule has 0 heterocycles. The molecule has 0 saturated carbocycles. The Morgan fingerprint density at radius 3 is 2.46 bits per heavy atom. The lowest BCUT2D eigenvalue weighted by molar-refractivity contribution is -0.384. The molecule has 0 aliphatic rings. The molecule has 2 N–H and O–H groups in total. The number of nitro benzene ring substituents is 1. The second kappa shape index (κ2) is 3.55. The van der Waals surface area contributed by atoms with Crippen LogP contribution in [0.1, 0.15) is 5.56 Å². The average molecular weight is 181 g/mol. The van der Waals surface area contributed by atoms with E-state index in [1.807, 2.05) is 0 Å². The van der Waals surface area contributed by atoms with Crippen molar-refractivity contribution in [1.82, 2.24) is 0 Å². The molecule has 0 bridgehead atoms. The lowest BCUT2D eigenvalue weighted by Gasteiger charge is -2.02. The highest BCUT2D eigenvalue weighted by Crippen LogP contribution is 2.10. The first-order valence-electron chi connectivity index (χ1n) is 3.63. The van der Waals surface area contributed by atoms with Gasteiger partial charge in [0.25, 0.3) is 5.69 Å². The number of hydrogen-bond donors (Lipinski definition) is 2. The summed E-state index contributed by atoms with van der Waals surface area (Å²) in [5, 5.41) is 28.0. The van der Waals surface area contributed by atoms with Gasteiger partial charge in [0.15, 0.2) is 0 Å². The Kier molecular flexibility index (Phi) is 2.65. The van der Waals surface area contributed by atoms with E-state index in [-0.39, 0.29) is 11.2 Å². The Bertz CT molecular complexity index is 339. The summed E-state index contributed by atoms with van der Waals surface area (Å²) in [6.07, 6.45) is 0. The van der Waals surface area contributed by atoms with E-state index in [4.69, 9.17) is 10.0 Å². The van der Waals surface area contributed by atoms with Crippen LogP contribution >= 0.6 is 0 Å². The largest absolute Gasteiger partial charge is 0.488 e. The van der Waals surface area contributed by atoms with E-state index >= 15 is 0 Å². The smallest absolute Gasteiger partial charge is 0.423 e. The number of aryl methyl sites for hydroxylation is 1. The fourth-order valence-corrected chi connectivity index (χ4v) is 1.06. The molecular formula is C7H8BNO4. The summed E-state index contributed by atoms with van der Waals surface area (Å²) in [5.41, 5.74) is 0.719. The van der Waals surface area contributed by atoms with Crippen molar-refractivity contribution in [3.63, 3.8) is 0 Å². The summed E-state index contributed by atoms with van der Waals surface area (Å²) in [6.45, 7) is 1.59. The molecule has 68 valence electrons.